The Morgan fingerprint density at radius 3 is 2.14 bits per heavy atom. The second kappa shape index (κ2) is 14.7. The number of carboxylic acid groups (broad SMARTS) is 2. The van der Waals surface area contributed by atoms with Crippen LogP contribution in [0, 0.1) is 5.92 Å². The predicted molar refractivity (Wildman–Crippen MR) is 124 cm³/mol. The van der Waals surface area contributed by atoms with Crippen LogP contribution < -0.4 is 27.4 Å². The molecule has 0 saturated heterocycles. The molecule has 10 N–H and O–H groups in total. The Bertz CT molecular complexity index is 860. The lowest BCUT2D eigenvalue weighted by Crippen LogP contribution is -2.58. The number of carboxylic acids is 2. The Balaban J connectivity index is 3.02. The summed E-state index contributed by atoms with van der Waals surface area (Å²) < 4.78 is 0. The molecule has 4 unspecified atom stereocenters. The van der Waals surface area contributed by atoms with Crippen LogP contribution in [0.15, 0.2) is 12.5 Å². The van der Waals surface area contributed by atoms with Crippen molar-refractivity contribution in [1.82, 2.24) is 25.9 Å². The van der Waals surface area contributed by atoms with Gasteiger partial charge in [0.2, 0.25) is 17.7 Å². The van der Waals surface area contributed by atoms with Gasteiger partial charge in [0.15, 0.2) is 0 Å². The Labute approximate surface area is 202 Å². The van der Waals surface area contributed by atoms with Crippen LogP contribution in [0.5, 0.6) is 0 Å². The summed E-state index contributed by atoms with van der Waals surface area (Å²) in [4.78, 5) is 67.7. The van der Waals surface area contributed by atoms with Crippen molar-refractivity contribution in [2.45, 2.75) is 70.1 Å². The topological polar surface area (TPSA) is 243 Å². The van der Waals surface area contributed by atoms with Crippen LogP contribution in [0.3, 0.4) is 0 Å². The first-order valence-corrected chi connectivity index (χ1v) is 11.2. The van der Waals surface area contributed by atoms with E-state index in [0.717, 1.165) is 0 Å². The molecule has 1 heterocycles. The number of hydrogen-bond donors (Lipinski definition) is 8. The molecule has 0 aliphatic rings. The largest absolute Gasteiger partial charge is 0.481 e. The molecule has 196 valence electrons. The van der Waals surface area contributed by atoms with Gasteiger partial charge >= 0.3 is 11.9 Å². The minimum atomic E-state index is -1.52. The average Bonchev–Trinajstić information content (AvgIpc) is 3.28. The number of rotatable bonds is 16. The number of unbranched alkanes of at least 4 members (excludes halogenated alkanes) is 1. The highest BCUT2D eigenvalue weighted by Gasteiger charge is 2.32. The van der Waals surface area contributed by atoms with Crippen LogP contribution >= 0.6 is 0 Å². The molecule has 14 nitrogen and oxygen atoms in total. The monoisotopic (exact) mass is 497 g/mol. The van der Waals surface area contributed by atoms with Crippen molar-refractivity contribution in [3.63, 3.8) is 0 Å². The summed E-state index contributed by atoms with van der Waals surface area (Å²) in [7, 11) is 0. The molecule has 0 aliphatic carbocycles. The summed E-state index contributed by atoms with van der Waals surface area (Å²) in [5, 5.41) is 25.7. The minimum absolute atomic E-state index is 0.0889. The molecule has 3 amide bonds. The van der Waals surface area contributed by atoms with Gasteiger partial charge in [-0.1, -0.05) is 20.3 Å². The summed E-state index contributed by atoms with van der Waals surface area (Å²) in [6, 6.07) is -4.99. The molecule has 0 aliphatic heterocycles. The number of aromatic nitrogens is 2. The van der Waals surface area contributed by atoms with E-state index in [1.54, 1.807) is 13.8 Å². The third-order valence-corrected chi connectivity index (χ3v) is 5.16. The van der Waals surface area contributed by atoms with Gasteiger partial charge in [0.05, 0.1) is 18.8 Å². The van der Waals surface area contributed by atoms with E-state index in [9.17, 15) is 34.2 Å². The molecule has 35 heavy (non-hydrogen) atoms. The fourth-order valence-corrected chi connectivity index (χ4v) is 3.17. The minimum Gasteiger partial charge on any atom is -0.481 e. The SMILES string of the molecule is CC(C)C(NC(=O)C(Cc1cnc[nH]1)NC(=O)C(CC(=O)O)NC(=O)C(N)CCCCN)C(=O)O. The van der Waals surface area contributed by atoms with E-state index in [0.29, 0.717) is 31.5 Å². The van der Waals surface area contributed by atoms with Crippen LogP contribution in [0.2, 0.25) is 0 Å². The zero-order valence-electron chi connectivity index (χ0n) is 19.8. The fraction of sp³-hybridized carbons (Fsp3) is 0.619. The first kappa shape index (κ1) is 29.5. The van der Waals surface area contributed by atoms with Crippen molar-refractivity contribution in [3.05, 3.63) is 18.2 Å². The molecule has 1 aromatic rings. The van der Waals surface area contributed by atoms with E-state index in [-0.39, 0.29) is 6.42 Å². The number of hydrogen-bond acceptors (Lipinski definition) is 8. The molecule has 0 aromatic carbocycles. The first-order chi connectivity index (χ1) is 16.5. The number of nitrogens with zero attached hydrogens (tertiary/aromatic N) is 1. The highest BCUT2D eigenvalue weighted by molar-refractivity contribution is 5.95. The van der Waals surface area contributed by atoms with E-state index in [1.807, 2.05) is 0 Å². The zero-order chi connectivity index (χ0) is 26.5. The highest BCUT2D eigenvalue weighted by atomic mass is 16.4. The summed E-state index contributed by atoms with van der Waals surface area (Å²) in [5.74, 6) is -5.51. The van der Waals surface area contributed by atoms with E-state index >= 15 is 0 Å². The molecule has 4 atom stereocenters. The van der Waals surface area contributed by atoms with Crippen molar-refractivity contribution < 1.29 is 34.2 Å². The molecule has 0 spiro atoms. The van der Waals surface area contributed by atoms with Crippen LogP contribution in [0.4, 0.5) is 0 Å². The van der Waals surface area contributed by atoms with Gasteiger partial charge in [-0.15, -0.1) is 0 Å². The lowest BCUT2D eigenvalue weighted by atomic mass is 10.0. The van der Waals surface area contributed by atoms with Crippen LogP contribution in [-0.2, 0) is 30.4 Å². The number of H-pyrrole nitrogens is 1. The van der Waals surface area contributed by atoms with Gasteiger partial charge in [-0.3, -0.25) is 19.2 Å². The van der Waals surface area contributed by atoms with Crippen LogP contribution in [0.25, 0.3) is 0 Å². The third kappa shape index (κ3) is 10.5. The Kier molecular flexibility index (Phi) is 12.4. The summed E-state index contributed by atoms with van der Waals surface area (Å²) >= 11 is 0. The highest BCUT2D eigenvalue weighted by Crippen LogP contribution is 2.06. The summed E-state index contributed by atoms with van der Waals surface area (Å²) in [5.41, 5.74) is 11.7. The number of aliphatic carboxylic acids is 2. The smallest absolute Gasteiger partial charge is 0.326 e. The van der Waals surface area contributed by atoms with Crippen molar-refractivity contribution in [2.75, 3.05) is 6.54 Å². The molecular weight excluding hydrogens is 462 g/mol. The molecule has 1 rings (SSSR count). The van der Waals surface area contributed by atoms with E-state index in [4.69, 9.17) is 11.5 Å². The lowest BCUT2D eigenvalue weighted by molar-refractivity contribution is -0.144. The van der Waals surface area contributed by atoms with Gasteiger partial charge in [-0.25, -0.2) is 9.78 Å². The lowest BCUT2D eigenvalue weighted by Gasteiger charge is -2.25. The van der Waals surface area contributed by atoms with Crippen molar-refractivity contribution in [3.8, 4) is 0 Å². The Morgan fingerprint density at radius 1 is 1.00 bits per heavy atom. The van der Waals surface area contributed by atoms with Crippen molar-refractivity contribution in [2.24, 2.45) is 17.4 Å². The Morgan fingerprint density at radius 2 is 1.63 bits per heavy atom. The van der Waals surface area contributed by atoms with E-state index in [1.165, 1.54) is 12.5 Å². The number of amides is 3. The van der Waals surface area contributed by atoms with E-state index in [2.05, 4.69) is 25.9 Å². The maximum absolute atomic E-state index is 12.9. The van der Waals surface area contributed by atoms with Crippen molar-refractivity contribution in [1.29, 1.82) is 0 Å². The van der Waals surface area contributed by atoms with Crippen molar-refractivity contribution >= 4 is 29.7 Å². The van der Waals surface area contributed by atoms with Gasteiger partial charge in [0.25, 0.3) is 0 Å². The molecule has 14 heteroatoms. The van der Waals surface area contributed by atoms with E-state index < -0.39 is 66.2 Å². The maximum Gasteiger partial charge on any atom is 0.326 e. The number of nitrogens with two attached hydrogens (primary N) is 2. The number of carbonyl (C=O) groups is 5. The average molecular weight is 498 g/mol. The molecule has 0 radical (unpaired) electrons. The fourth-order valence-electron chi connectivity index (χ4n) is 3.17. The quantitative estimate of drug-likeness (QED) is 0.118. The normalized spacial score (nSPS) is 14.4. The molecule has 0 fully saturated rings. The maximum atomic E-state index is 12.9. The second-order valence-corrected chi connectivity index (χ2v) is 8.46. The van der Waals surface area contributed by atoms with Gasteiger partial charge < -0.3 is 42.6 Å². The summed E-state index contributed by atoms with van der Waals surface area (Å²) in [6.45, 7) is 3.64. The predicted octanol–water partition coefficient (Wildman–Crippen LogP) is -1.92. The number of carbonyl (C=O) groups excluding carboxylic acids is 3. The first-order valence-electron chi connectivity index (χ1n) is 11.2. The second-order valence-electron chi connectivity index (χ2n) is 8.46. The number of imidazole rings is 1. The Hall–Kier alpha value is -3.52. The number of nitrogens with one attached hydrogen (secondary N) is 4. The molecule has 1 aromatic heterocycles. The molecular formula is C21H35N7O7. The summed E-state index contributed by atoms with van der Waals surface area (Å²) in [6.07, 6.45) is 3.46. The molecule has 0 saturated carbocycles. The van der Waals surface area contributed by atoms with Gasteiger partial charge in [0.1, 0.15) is 18.1 Å². The molecule has 0 bridgehead atoms. The zero-order valence-corrected chi connectivity index (χ0v) is 19.8. The van der Waals surface area contributed by atoms with Crippen LogP contribution in [-0.4, -0.2) is 80.6 Å². The number of aromatic amines is 1. The third-order valence-electron chi connectivity index (χ3n) is 5.16. The van der Waals surface area contributed by atoms with Crippen LogP contribution in [0.1, 0.15) is 45.2 Å². The van der Waals surface area contributed by atoms with Gasteiger partial charge in [-0.2, -0.15) is 0 Å². The van der Waals surface area contributed by atoms with Gasteiger partial charge in [0, 0.05) is 18.3 Å². The standard InChI is InChI=1S/C21H35N7O7/c1-11(2)17(21(34)35)28-20(33)14(7-12-9-24-10-25-12)27-19(32)15(8-16(29)30)26-18(31)13(23)5-3-4-6-22/h9-11,13-15,17H,3-8,22-23H2,1-2H3,(H,24,25)(H,26,31)(H,27,32)(H,28,33)(H,29,30)(H,34,35). The van der Waals surface area contributed by atoms with Gasteiger partial charge in [-0.05, 0) is 25.3 Å².